The Labute approximate surface area is 187 Å². The summed E-state index contributed by atoms with van der Waals surface area (Å²) in [6.45, 7) is 6.34. The van der Waals surface area contributed by atoms with Crippen LogP contribution in [0.15, 0.2) is 18.5 Å². The number of amides is 1. The molecule has 3 heterocycles. The second-order valence-corrected chi connectivity index (χ2v) is 8.16. The van der Waals surface area contributed by atoms with Gasteiger partial charge in [-0.2, -0.15) is 5.10 Å². The van der Waals surface area contributed by atoms with Crippen LogP contribution in [0.3, 0.4) is 0 Å². The number of carbonyl (C=O) groups is 1. The molecule has 1 spiro atoms. The monoisotopic (exact) mass is 453 g/mol. The van der Waals surface area contributed by atoms with Crippen LogP contribution in [0.2, 0.25) is 0 Å². The van der Waals surface area contributed by atoms with Crippen molar-refractivity contribution in [2.75, 3.05) is 39.8 Å². The zero-order valence-corrected chi connectivity index (χ0v) is 19.0. The van der Waals surface area contributed by atoms with E-state index >= 15 is 0 Å². The molecule has 1 atom stereocenters. The molecule has 1 saturated carbocycles. The Hall–Kier alpha value is -0.530. The number of carbonyl (C=O) groups excluding carboxylic acids is 1. The Bertz CT molecular complexity index is 586. The number of halogens is 3. The van der Waals surface area contributed by atoms with E-state index in [-0.39, 0.29) is 37.2 Å². The van der Waals surface area contributed by atoms with Gasteiger partial charge in [0.1, 0.15) is 0 Å². The van der Waals surface area contributed by atoms with Gasteiger partial charge in [-0.1, -0.05) is 0 Å². The molecule has 1 amide bonds. The SMILES string of the molecule is CN(C(=O)C1CC12CCNCC2)C1CCN(CCn2cccn2)CC1.Cl.Cl.Cl. The zero-order valence-electron chi connectivity index (χ0n) is 16.6. The summed E-state index contributed by atoms with van der Waals surface area (Å²) >= 11 is 0. The minimum absolute atomic E-state index is 0. The summed E-state index contributed by atoms with van der Waals surface area (Å²) < 4.78 is 1.99. The lowest BCUT2D eigenvalue weighted by Crippen LogP contribution is -2.47. The molecule has 1 aromatic rings. The van der Waals surface area contributed by atoms with Crippen LogP contribution < -0.4 is 5.32 Å². The molecule has 2 saturated heterocycles. The minimum Gasteiger partial charge on any atom is -0.342 e. The Morgan fingerprint density at radius 1 is 1.18 bits per heavy atom. The van der Waals surface area contributed by atoms with E-state index in [4.69, 9.17) is 0 Å². The molecule has 9 heteroatoms. The first-order chi connectivity index (χ1) is 12.2. The first kappa shape index (κ1) is 25.5. The van der Waals surface area contributed by atoms with Gasteiger partial charge in [-0.25, -0.2) is 0 Å². The number of aromatic nitrogens is 2. The molecule has 0 radical (unpaired) electrons. The van der Waals surface area contributed by atoms with Gasteiger partial charge in [0.15, 0.2) is 0 Å². The van der Waals surface area contributed by atoms with E-state index in [2.05, 4.69) is 20.2 Å². The Morgan fingerprint density at radius 3 is 2.46 bits per heavy atom. The number of rotatable bonds is 5. The number of nitrogens with zero attached hydrogens (tertiary/aromatic N) is 4. The molecule has 4 rings (SSSR count). The summed E-state index contributed by atoms with van der Waals surface area (Å²) in [5.74, 6) is 0.717. The molecule has 3 fully saturated rings. The Balaban J connectivity index is 0.00000131. The van der Waals surface area contributed by atoms with Crippen LogP contribution in [-0.4, -0.2) is 71.3 Å². The second-order valence-electron chi connectivity index (χ2n) is 8.16. The third-order valence-corrected chi connectivity index (χ3v) is 6.74. The van der Waals surface area contributed by atoms with Crippen LogP contribution in [0.5, 0.6) is 0 Å². The number of piperidine rings is 2. The number of hydrogen-bond donors (Lipinski definition) is 1. The van der Waals surface area contributed by atoms with Crippen molar-refractivity contribution in [1.82, 2.24) is 24.9 Å². The Morgan fingerprint density at radius 2 is 1.86 bits per heavy atom. The predicted molar refractivity (Wildman–Crippen MR) is 119 cm³/mol. The summed E-state index contributed by atoms with van der Waals surface area (Å²) in [5.41, 5.74) is 0.348. The highest BCUT2D eigenvalue weighted by atomic mass is 35.5. The summed E-state index contributed by atoms with van der Waals surface area (Å²) in [7, 11) is 2.04. The van der Waals surface area contributed by atoms with Gasteiger partial charge in [0.2, 0.25) is 5.91 Å². The minimum atomic E-state index is 0. The lowest BCUT2D eigenvalue weighted by Gasteiger charge is -2.37. The van der Waals surface area contributed by atoms with E-state index in [0.717, 1.165) is 58.5 Å². The predicted octanol–water partition coefficient (Wildman–Crippen LogP) is 2.46. The van der Waals surface area contributed by atoms with E-state index in [9.17, 15) is 4.79 Å². The average molecular weight is 455 g/mol. The maximum Gasteiger partial charge on any atom is 0.226 e. The molecule has 6 nitrogen and oxygen atoms in total. The number of hydrogen-bond acceptors (Lipinski definition) is 4. The highest BCUT2D eigenvalue weighted by molar-refractivity contribution is 5.86. The van der Waals surface area contributed by atoms with Gasteiger partial charge in [0, 0.05) is 51.0 Å². The van der Waals surface area contributed by atoms with Crippen LogP contribution in [0.4, 0.5) is 0 Å². The van der Waals surface area contributed by atoms with Crippen LogP contribution in [0, 0.1) is 11.3 Å². The van der Waals surface area contributed by atoms with Crippen LogP contribution >= 0.6 is 37.2 Å². The fourth-order valence-electron chi connectivity index (χ4n) is 4.81. The molecule has 28 heavy (non-hydrogen) atoms. The lowest BCUT2D eigenvalue weighted by atomic mass is 9.91. The maximum absolute atomic E-state index is 12.9. The molecular formula is C19H34Cl3N5O. The third kappa shape index (κ3) is 5.54. The highest BCUT2D eigenvalue weighted by Gasteiger charge is 2.58. The molecule has 0 aromatic carbocycles. The summed E-state index contributed by atoms with van der Waals surface area (Å²) in [4.78, 5) is 17.5. The van der Waals surface area contributed by atoms with Gasteiger partial charge in [-0.05, 0) is 56.7 Å². The van der Waals surface area contributed by atoms with Crippen molar-refractivity contribution < 1.29 is 4.79 Å². The van der Waals surface area contributed by atoms with Crippen molar-refractivity contribution in [2.24, 2.45) is 11.3 Å². The summed E-state index contributed by atoms with van der Waals surface area (Å²) in [6.07, 6.45) is 9.54. The van der Waals surface area contributed by atoms with Gasteiger partial charge in [0.25, 0.3) is 0 Å². The van der Waals surface area contributed by atoms with Gasteiger partial charge < -0.3 is 15.1 Å². The second kappa shape index (κ2) is 11.0. The standard InChI is InChI=1S/C19H31N5O.3ClH/c1-22(18(25)17-15-19(17)5-8-20-9-6-19)16-3-11-23(12-4-16)13-14-24-10-2-7-21-24;;;/h2,7,10,16-17,20H,3-6,8-9,11-15H2,1H3;3*1H. The largest absolute Gasteiger partial charge is 0.342 e. The van der Waals surface area contributed by atoms with Gasteiger partial charge in [-0.15, -0.1) is 37.2 Å². The quantitative estimate of drug-likeness (QED) is 0.742. The molecule has 2 aliphatic heterocycles. The first-order valence-corrected chi connectivity index (χ1v) is 9.85. The summed E-state index contributed by atoms with van der Waals surface area (Å²) in [5, 5.41) is 7.69. The third-order valence-electron chi connectivity index (χ3n) is 6.74. The van der Waals surface area contributed by atoms with Crippen LogP contribution in [-0.2, 0) is 11.3 Å². The van der Waals surface area contributed by atoms with E-state index in [1.165, 1.54) is 12.8 Å². The van der Waals surface area contributed by atoms with E-state index < -0.39 is 0 Å². The molecular weight excluding hydrogens is 421 g/mol. The fraction of sp³-hybridized carbons (Fsp3) is 0.789. The van der Waals surface area contributed by atoms with Crippen LogP contribution in [0.1, 0.15) is 32.1 Å². The van der Waals surface area contributed by atoms with Crippen molar-refractivity contribution >= 4 is 43.1 Å². The molecule has 3 aliphatic rings. The average Bonchev–Trinajstić information content (AvgIpc) is 3.08. The molecule has 1 aromatic heterocycles. The number of likely N-dealkylation sites (tertiary alicyclic amines) is 1. The first-order valence-electron chi connectivity index (χ1n) is 9.85. The lowest BCUT2D eigenvalue weighted by molar-refractivity contribution is -0.135. The Kier molecular flexibility index (Phi) is 10.0. The summed E-state index contributed by atoms with van der Waals surface area (Å²) in [6, 6.07) is 2.40. The van der Waals surface area contributed by atoms with Crippen molar-refractivity contribution in [3.63, 3.8) is 0 Å². The smallest absolute Gasteiger partial charge is 0.226 e. The zero-order chi connectivity index (χ0) is 17.3. The van der Waals surface area contributed by atoms with Gasteiger partial charge in [0.05, 0.1) is 6.54 Å². The fourth-order valence-corrected chi connectivity index (χ4v) is 4.81. The van der Waals surface area contributed by atoms with E-state index in [1.807, 2.05) is 30.2 Å². The molecule has 0 bridgehead atoms. The molecule has 1 unspecified atom stereocenters. The van der Waals surface area contributed by atoms with Crippen molar-refractivity contribution in [3.8, 4) is 0 Å². The van der Waals surface area contributed by atoms with Crippen LogP contribution in [0.25, 0.3) is 0 Å². The highest BCUT2D eigenvalue weighted by Crippen LogP contribution is 2.59. The maximum atomic E-state index is 12.9. The van der Waals surface area contributed by atoms with E-state index in [0.29, 0.717) is 23.3 Å². The topological polar surface area (TPSA) is 53.4 Å². The van der Waals surface area contributed by atoms with Crippen molar-refractivity contribution in [3.05, 3.63) is 18.5 Å². The molecule has 1 N–H and O–H groups in total. The normalized spacial score (nSPS) is 23.8. The number of nitrogens with one attached hydrogen (secondary N) is 1. The van der Waals surface area contributed by atoms with Crippen molar-refractivity contribution in [2.45, 2.75) is 44.7 Å². The molecule has 1 aliphatic carbocycles. The molecule has 162 valence electrons. The van der Waals surface area contributed by atoms with Crippen molar-refractivity contribution in [1.29, 1.82) is 0 Å². The van der Waals surface area contributed by atoms with E-state index in [1.54, 1.807) is 0 Å². The van der Waals surface area contributed by atoms with Gasteiger partial charge >= 0.3 is 0 Å². The van der Waals surface area contributed by atoms with Gasteiger partial charge in [-0.3, -0.25) is 9.48 Å².